The fourth-order valence-corrected chi connectivity index (χ4v) is 1.08. The van der Waals surface area contributed by atoms with Crippen LogP contribution < -0.4 is 0 Å². The Labute approximate surface area is 59.9 Å². The number of aliphatic hydroxyl groups excluding tert-OH is 1. The number of rotatable bonds is 1. The van der Waals surface area contributed by atoms with Crippen LogP contribution in [0.15, 0.2) is 0 Å². The quantitative estimate of drug-likeness (QED) is 0.401. The molecule has 4 heteroatoms. The monoisotopic (exact) mass is 144 g/mol. The van der Waals surface area contributed by atoms with E-state index in [1.807, 2.05) is 0 Å². The molecule has 0 aliphatic carbocycles. The first-order valence-corrected chi connectivity index (χ1v) is 3.39. The van der Waals surface area contributed by atoms with E-state index in [1.54, 1.807) is 12.1 Å². The highest BCUT2D eigenvalue weighted by atomic mass is 16.5. The highest BCUT2D eigenvalue weighted by molar-refractivity contribution is 5.80. The summed E-state index contributed by atoms with van der Waals surface area (Å²) in [5, 5.41) is 21.2. The van der Waals surface area contributed by atoms with Gasteiger partial charge in [-0.25, -0.2) is 0 Å². The van der Waals surface area contributed by atoms with Gasteiger partial charge < -0.3 is 10.3 Å². The summed E-state index contributed by atoms with van der Waals surface area (Å²) in [5.74, 6) is 0. The minimum atomic E-state index is -0.117. The number of nitrogens with zero attached hydrogens (tertiary/aromatic N) is 2. The van der Waals surface area contributed by atoms with Crippen LogP contribution >= 0.6 is 0 Å². The summed E-state index contributed by atoms with van der Waals surface area (Å²) in [6, 6.07) is 0. The molecule has 0 aromatic heterocycles. The van der Waals surface area contributed by atoms with E-state index >= 15 is 0 Å². The van der Waals surface area contributed by atoms with Gasteiger partial charge in [0.1, 0.15) is 6.61 Å². The van der Waals surface area contributed by atoms with Gasteiger partial charge >= 0.3 is 0 Å². The Morgan fingerprint density at radius 2 is 2.50 bits per heavy atom. The molecule has 0 bridgehead atoms. The number of hydrogen-bond donors (Lipinski definition) is 1. The van der Waals surface area contributed by atoms with Crippen LogP contribution in [0.5, 0.6) is 0 Å². The fraction of sp³-hybridized carbons (Fsp3) is 0.833. The van der Waals surface area contributed by atoms with Crippen molar-refractivity contribution in [2.24, 2.45) is 0 Å². The van der Waals surface area contributed by atoms with E-state index in [0.29, 0.717) is 5.71 Å². The Morgan fingerprint density at radius 3 is 3.00 bits per heavy atom. The molecule has 1 N–H and O–H groups in total. The molecule has 1 aliphatic heterocycles. The largest absolute Gasteiger partial charge is 0.596 e. The maximum absolute atomic E-state index is 11.0. The number of hydrazine groups is 1. The van der Waals surface area contributed by atoms with Gasteiger partial charge in [-0.3, -0.25) is 0 Å². The van der Waals surface area contributed by atoms with Crippen LogP contribution in [0.4, 0.5) is 0 Å². The lowest BCUT2D eigenvalue weighted by atomic mass is 10.2. The minimum Gasteiger partial charge on any atom is -0.596 e. The summed E-state index contributed by atoms with van der Waals surface area (Å²) in [5.41, 5.74) is 0.564. The first kappa shape index (κ1) is 7.34. The Morgan fingerprint density at radius 1 is 1.80 bits per heavy atom. The molecular formula is C6H12N2O2. The highest BCUT2D eigenvalue weighted by Gasteiger charge is 2.18. The van der Waals surface area contributed by atoms with Crippen LogP contribution in [-0.4, -0.2) is 40.9 Å². The van der Waals surface area contributed by atoms with Gasteiger partial charge in [-0.05, 0) is 6.42 Å². The topological polar surface area (TPSA) is 49.5 Å². The van der Waals surface area contributed by atoms with E-state index in [-0.39, 0.29) is 6.61 Å². The summed E-state index contributed by atoms with van der Waals surface area (Å²) in [6.45, 7) is 0.667. The lowest BCUT2D eigenvalue weighted by Gasteiger charge is -2.22. The Kier molecular flexibility index (Phi) is 2.11. The molecule has 0 saturated carbocycles. The molecule has 1 aliphatic rings. The van der Waals surface area contributed by atoms with Gasteiger partial charge in [0.25, 0.3) is 0 Å². The molecule has 10 heavy (non-hydrogen) atoms. The van der Waals surface area contributed by atoms with Crippen molar-refractivity contribution in [3.63, 3.8) is 0 Å². The predicted molar refractivity (Wildman–Crippen MR) is 37.6 cm³/mol. The summed E-state index contributed by atoms with van der Waals surface area (Å²) >= 11 is 0. The lowest BCUT2D eigenvalue weighted by molar-refractivity contribution is -0.636. The number of hydrogen-bond acceptors (Lipinski definition) is 3. The van der Waals surface area contributed by atoms with Gasteiger partial charge in [0.05, 0.1) is 13.6 Å². The lowest BCUT2D eigenvalue weighted by Crippen LogP contribution is -2.38. The van der Waals surface area contributed by atoms with Gasteiger partial charge in [-0.1, -0.05) is 4.85 Å². The van der Waals surface area contributed by atoms with E-state index in [1.165, 1.54) is 0 Å². The van der Waals surface area contributed by atoms with Crippen LogP contribution in [0.25, 0.3) is 0 Å². The zero-order valence-electron chi connectivity index (χ0n) is 6.08. The second-order valence-electron chi connectivity index (χ2n) is 2.48. The van der Waals surface area contributed by atoms with Crippen LogP contribution in [0.1, 0.15) is 12.8 Å². The minimum absolute atomic E-state index is 0.117. The SMILES string of the molecule is CN1CCCC(CO)=[N+]1[O-]. The molecular weight excluding hydrogens is 132 g/mol. The Hall–Kier alpha value is -0.770. The maximum atomic E-state index is 11.0. The standard InChI is InChI=1S/C6H12N2O2/c1-7-4-2-3-6(5-9)8(7)10/h9H,2-5H2,1H3. The molecule has 0 aromatic carbocycles. The third kappa shape index (κ3) is 1.21. The van der Waals surface area contributed by atoms with Crippen molar-refractivity contribution in [2.45, 2.75) is 12.8 Å². The molecule has 0 amide bonds. The summed E-state index contributed by atoms with van der Waals surface area (Å²) in [6.07, 6.45) is 1.69. The van der Waals surface area contributed by atoms with E-state index < -0.39 is 0 Å². The summed E-state index contributed by atoms with van der Waals surface area (Å²) < 4.78 is 0. The van der Waals surface area contributed by atoms with E-state index in [4.69, 9.17) is 5.11 Å². The first-order valence-electron chi connectivity index (χ1n) is 3.39. The number of hydrazone groups is 1. The third-order valence-corrected chi connectivity index (χ3v) is 1.71. The van der Waals surface area contributed by atoms with Crippen molar-refractivity contribution >= 4 is 5.71 Å². The molecule has 0 aromatic rings. The van der Waals surface area contributed by atoms with Crippen molar-refractivity contribution < 1.29 is 9.95 Å². The predicted octanol–water partition coefficient (Wildman–Crippen LogP) is -0.429. The molecule has 58 valence electrons. The Balaban J connectivity index is 2.72. The second-order valence-corrected chi connectivity index (χ2v) is 2.48. The van der Waals surface area contributed by atoms with E-state index in [0.717, 1.165) is 24.2 Å². The third-order valence-electron chi connectivity index (χ3n) is 1.71. The molecule has 0 unspecified atom stereocenters. The normalized spacial score (nSPS) is 20.0. The van der Waals surface area contributed by atoms with Crippen molar-refractivity contribution in [1.82, 2.24) is 5.01 Å². The summed E-state index contributed by atoms with van der Waals surface area (Å²) in [7, 11) is 1.72. The van der Waals surface area contributed by atoms with Crippen LogP contribution in [0.2, 0.25) is 0 Å². The van der Waals surface area contributed by atoms with Crippen molar-refractivity contribution in [2.75, 3.05) is 20.2 Å². The van der Waals surface area contributed by atoms with Crippen LogP contribution in [-0.2, 0) is 0 Å². The molecule has 0 fully saturated rings. The molecule has 0 atom stereocenters. The van der Waals surface area contributed by atoms with Gasteiger partial charge in [-0.2, -0.15) is 5.01 Å². The van der Waals surface area contributed by atoms with Crippen molar-refractivity contribution in [3.05, 3.63) is 5.21 Å². The van der Waals surface area contributed by atoms with Crippen molar-refractivity contribution in [3.8, 4) is 0 Å². The maximum Gasteiger partial charge on any atom is 0.221 e. The number of aliphatic hydroxyl groups is 1. The summed E-state index contributed by atoms with van der Waals surface area (Å²) in [4.78, 5) is 0.781. The second kappa shape index (κ2) is 2.88. The molecule has 0 saturated heterocycles. The zero-order chi connectivity index (χ0) is 7.56. The molecule has 4 nitrogen and oxygen atoms in total. The highest BCUT2D eigenvalue weighted by Crippen LogP contribution is 2.03. The molecule has 1 rings (SSSR count). The van der Waals surface area contributed by atoms with Crippen molar-refractivity contribution in [1.29, 1.82) is 0 Å². The first-order chi connectivity index (χ1) is 4.75. The van der Waals surface area contributed by atoms with Crippen LogP contribution in [0, 0.1) is 5.21 Å². The van der Waals surface area contributed by atoms with Gasteiger partial charge in [0.2, 0.25) is 5.71 Å². The molecule has 0 spiro atoms. The molecule has 0 radical (unpaired) electrons. The van der Waals surface area contributed by atoms with Crippen LogP contribution in [0.3, 0.4) is 0 Å². The van der Waals surface area contributed by atoms with Gasteiger partial charge in [-0.15, -0.1) is 0 Å². The fourth-order valence-electron chi connectivity index (χ4n) is 1.08. The molecule has 1 heterocycles. The smallest absolute Gasteiger partial charge is 0.221 e. The average Bonchev–Trinajstić information content (AvgIpc) is 1.95. The van der Waals surface area contributed by atoms with Gasteiger partial charge in [0, 0.05) is 6.42 Å². The average molecular weight is 144 g/mol. The zero-order valence-corrected chi connectivity index (χ0v) is 6.08. The Bertz CT molecular complexity index is 156. The van der Waals surface area contributed by atoms with E-state index in [9.17, 15) is 5.21 Å². The van der Waals surface area contributed by atoms with Gasteiger partial charge in [0.15, 0.2) is 0 Å². The van der Waals surface area contributed by atoms with E-state index in [2.05, 4.69) is 0 Å².